The van der Waals surface area contributed by atoms with Gasteiger partial charge < -0.3 is 30.3 Å². The lowest BCUT2D eigenvalue weighted by atomic mass is 9.95. The van der Waals surface area contributed by atoms with Crippen LogP contribution in [0, 0.1) is 0 Å². The molecule has 4 N–H and O–H groups in total. The third-order valence-electron chi connectivity index (χ3n) is 4.45. The van der Waals surface area contributed by atoms with E-state index >= 15 is 0 Å². The van der Waals surface area contributed by atoms with E-state index in [0.29, 0.717) is 12.1 Å². The second-order valence-corrected chi connectivity index (χ2v) is 7.14. The Labute approximate surface area is 168 Å². The molecule has 0 spiro atoms. The van der Waals surface area contributed by atoms with E-state index in [1.165, 1.54) is 19.8 Å². The Balaban J connectivity index is 0.000000292. The number of methoxy groups -OCH3 is 2. The second kappa shape index (κ2) is 11.5. The standard InChI is InChI=1S/C11H17NO4.C11H17N/c1-12-6-8(13)7-4-9(15-2)11(14)10(5-7)16-3;1-11(2,12-3)9-10-7-5-4-6-8-10/h4-5,8,12-14H,6H2,1-3H3;4-8,12H,9H2,1-3H3. The molecule has 28 heavy (non-hydrogen) atoms. The number of rotatable bonds is 8. The molecule has 2 rings (SSSR count). The zero-order valence-corrected chi connectivity index (χ0v) is 17.7. The van der Waals surface area contributed by atoms with E-state index in [0.717, 1.165) is 6.42 Å². The number of aromatic hydroxyl groups is 1. The number of aliphatic hydroxyl groups is 1. The van der Waals surface area contributed by atoms with Gasteiger partial charge in [0, 0.05) is 12.1 Å². The fourth-order valence-electron chi connectivity index (χ4n) is 2.61. The van der Waals surface area contributed by atoms with E-state index < -0.39 is 6.10 Å². The second-order valence-electron chi connectivity index (χ2n) is 7.14. The first-order valence-corrected chi connectivity index (χ1v) is 9.28. The predicted octanol–water partition coefficient (Wildman–Crippen LogP) is 2.89. The van der Waals surface area contributed by atoms with Crippen molar-refractivity contribution < 1.29 is 19.7 Å². The van der Waals surface area contributed by atoms with E-state index in [4.69, 9.17) is 9.47 Å². The molecule has 6 heteroatoms. The minimum Gasteiger partial charge on any atom is -0.502 e. The lowest BCUT2D eigenvalue weighted by Crippen LogP contribution is -2.38. The van der Waals surface area contributed by atoms with Crippen LogP contribution in [0.25, 0.3) is 0 Å². The van der Waals surface area contributed by atoms with Crippen LogP contribution in [-0.2, 0) is 6.42 Å². The molecule has 0 saturated heterocycles. The van der Waals surface area contributed by atoms with Gasteiger partial charge in [0.1, 0.15) is 0 Å². The molecule has 0 amide bonds. The van der Waals surface area contributed by atoms with Gasteiger partial charge in [0.2, 0.25) is 5.75 Å². The summed E-state index contributed by atoms with van der Waals surface area (Å²) < 4.78 is 9.99. The summed E-state index contributed by atoms with van der Waals surface area (Å²) in [5.74, 6) is 0.499. The number of aliphatic hydroxyl groups excluding tert-OH is 1. The van der Waals surface area contributed by atoms with Crippen molar-refractivity contribution in [1.82, 2.24) is 10.6 Å². The molecule has 0 aromatic heterocycles. The molecule has 0 fully saturated rings. The first-order chi connectivity index (χ1) is 13.3. The van der Waals surface area contributed by atoms with Gasteiger partial charge in [0.05, 0.1) is 20.3 Å². The first-order valence-electron chi connectivity index (χ1n) is 9.28. The molecule has 2 aromatic rings. The quantitative estimate of drug-likeness (QED) is 0.555. The van der Waals surface area contributed by atoms with Gasteiger partial charge >= 0.3 is 0 Å². The van der Waals surface area contributed by atoms with Gasteiger partial charge in [-0.2, -0.15) is 0 Å². The molecule has 0 aliphatic carbocycles. The highest BCUT2D eigenvalue weighted by Gasteiger charge is 2.15. The maximum Gasteiger partial charge on any atom is 0.200 e. The summed E-state index contributed by atoms with van der Waals surface area (Å²) in [4.78, 5) is 0. The van der Waals surface area contributed by atoms with Crippen molar-refractivity contribution >= 4 is 0 Å². The molecule has 1 unspecified atom stereocenters. The van der Waals surface area contributed by atoms with Crippen molar-refractivity contribution in [2.24, 2.45) is 0 Å². The molecule has 6 nitrogen and oxygen atoms in total. The fourth-order valence-corrected chi connectivity index (χ4v) is 2.61. The van der Waals surface area contributed by atoms with Crippen LogP contribution >= 0.6 is 0 Å². The summed E-state index contributed by atoms with van der Waals surface area (Å²) in [7, 11) is 6.65. The van der Waals surface area contributed by atoms with Gasteiger partial charge in [-0.3, -0.25) is 0 Å². The number of nitrogens with one attached hydrogen (secondary N) is 2. The maximum atomic E-state index is 9.80. The summed E-state index contributed by atoms with van der Waals surface area (Å²) in [5, 5.41) is 25.6. The average Bonchev–Trinajstić information content (AvgIpc) is 2.69. The third kappa shape index (κ3) is 7.38. The van der Waals surface area contributed by atoms with Crippen molar-refractivity contribution in [2.45, 2.75) is 31.9 Å². The number of phenols is 1. The number of benzene rings is 2. The molecule has 2 aromatic carbocycles. The van der Waals surface area contributed by atoms with Crippen LogP contribution in [0.4, 0.5) is 0 Å². The van der Waals surface area contributed by atoms with Crippen molar-refractivity contribution in [1.29, 1.82) is 0 Å². The number of phenolic OH excluding ortho intramolecular Hbond substituents is 1. The zero-order chi connectivity index (χ0) is 21.2. The number of ether oxygens (including phenoxy) is 2. The Hall–Kier alpha value is -2.28. The van der Waals surface area contributed by atoms with E-state index in [1.54, 1.807) is 19.2 Å². The minimum absolute atomic E-state index is 0.0644. The van der Waals surface area contributed by atoms with Crippen LogP contribution in [0.5, 0.6) is 17.2 Å². The number of hydrogen-bond donors (Lipinski definition) is 4. The smallest absolute Gasteiger partial charge is 0.200 e. The minimum atomic E-state index is -0.673. The monoisotopic (exact) mass is 390 g/mol. The Morgan fingerprint density at radius 2 is 1.54 bits per heavy atom. The largest absolute Gasteiger partial charge is 0.502 e. The SMILES string of the molecule is CNC(C)(C)Cc1ccccc1.CNCC(O)c1cc(OC)c(O)c(OC)c1. The van der Waals surface area contributed by atoms with Crippen LogP contribution in [0.2, 0.25) is 0 Å². The molecule has 156 valence electrons. The molecule has 0 heterocycles. The van der Waals surface area contributed by atoms with Crippen LogP contribution in [0.1, 0.15) is 31.1 Å². The molecule has 0 bridgehead atoms. The van der Waals surface area contributed by atoms with Crippen molar-refractivity contribution in [3.05, 3.63) is 53.6 Å². The summed E-state index contributed by atoms with van der Waals surface area (Å²) in [5.41, 5.74) is 2.21. The van der Waals surface area contributed by atoms with Crippen LogP contribution in [-0.4, -0.2) is 50.6 Å². The van der Waals surface area contributed by atoms with Crippen LogP contribution < -0.4 is 20.1 Å². The summed E-state index contributed by atoms with van der Waals surface area (Å²) in [6.07, 6.45) is 0.401. The van der Waals surface area contributed by atoms with Gasteiger partial charge in [-0.25, -0.2) is 0 Å². The Kier molecular flexibility index (Phi) is 9.79. The van der Waals surface area contributed by atoms with Gasteiger partial charge in [-0.15, -0.1) is 0 Å². The van der Waals surface area contributed by atoms with E-state index in [-0.39, 0.29) is 22.8 Å². The number of likely N-dealkylation sites (N-methyl/N-ethyl adjacent to an activating group) is 2. The van der Waals surface area contributed by atoms with Gasteiger partial charge in [-0.05, 0) is 57.6 Å². The molecular formula is C22H34N2O4. The molecule has 0 saturated carbocycles. The molecule has 0 radical (unpaired) electrons. The third-order valence-corrected chi connectivity index (χ3v) is 4.45. The van der Waals surface area contributed by atoms with Gasteiger partial charge in [-0.1, -0.05) is 30.3 Å². The summed E-state index contributed by atoms with van der Waals surface area (Å²) in [6, 6.07) is 13.7. The number of hydrogen-bond acceptors (Lipinski definition) is 6. The van der Waals surface area contributed by atoms with E-state index in [2.05, 4.69) is 54.8 Å². The predicted molar refractivity (Wildman–Crippen MR) is 113 cm³/mol. The Bertz CT molecular complexity index is 680. The lowest BCUT2D eigenvalue weighted by molar-refractivity contribution is 0.176. The fraction of sp³-hybridized carbons (Fsp3) is 0.455. The maximum absolute atomic E-state index is 9.80. The highest BCUT2D eigenvalue weighted by atomic mass is 16.5. The van der Waals surface area contributed by atoms with Gasteiger partial charge in [0.15, 0.2) is 11.5 Å². The average molecular weight is 391 g/mol. The van der Waals surface area contributed by atoms with E-state index in [9.17, 15) is 10.2 Å². The summed E-state index contributed by atoms with van der Waals surface area (Å²) in [6.45, 7) is 4.83. The van der Waals surface area contributed by atoms with Crippen molar-refractivity contribution in [2.75, 3.05) is 34.9 Å². The van der Waals surface area contributed by atoms with Crippen LogP contribution in [0.15, 0.2) is 42.5 Å². The molecular weight excluding hydrogens is 356 g/mol. The van der Waals surface area contributed by atoms with Crippen molar-refractivity contribution in [3.63, 3.8) is 0 Å². The Morgan fingerprint density at radius 3 is 1.96 bits per heavy atom. The zero-order valence-electron chi connectivity index (χ0n) is 17.7. The van der Waals surface area contributed by atoms with Crippen molar-refractivity contribution in [3.8, 4) is 17.2 Å². The molecule has 0 aliphatic heterocycles. The highest BCUT2D eigenvalue weighted by Crippen LogP contribution is 2.38. The highest BCUT2D eigenvalue weighted by molar-refractivity contribution is 5.53. The first kappa shape index (κ1) is 23.8. The lowest BCUT2D eigenvalue weighted by Gasteiger charge is -2.23. The van der Waals surface area contributed by atoms with Crippen LogP contribution in [0.3, 0.4) is 0 Å². The summed E-state index contributed by atoms with van der Waals surface area (Å²) >= 11 is 0. The topological polar surface area (TPSA) is 83.0 Å². The van der Waals surface area contributed by atoms with Gasteiger partial charge in [0.25, 0.3) is 0 Å². The normalized spacial score (nSPS) is 12.0. The van der Waals surface area contributed by atoms with E-state index in [1.807, 2.05) is 7.05 Å². The molecule has 0 aliphatic rings. The Morgan fingerprint density at radius 1 is 1.00 bits per heavy atom. The molecule has 1 atom stereocenters.